The molecule has 2 rings (SSSR count). The summed E-state index contributed by atoms with van der Waals surface area (Å²) in [6.07, 6.45) is 2.47. The summed E-state index contributed by atoms with van der Waals surface area (Å²) in [6.45, 7) is 1.12. The van der Waals surface area contributed by atoms with Crippen LogP contribution in [0.15, 0.2) is 24.3 Å². The molecule has 1 aliphatic rings. The third-order valence-electron chi connectivity index (χ3n) is 2.34. The Morgan fingerprint density at radius 2 is 2.17 bits per heavy atom. The molecule has 0 aromatic heterocycles. The Morgan fingerprint density at radius 3 is 2.83 bits per heavy atom. The monoisotopic (exact) mass is 181 g/mol. The fourth-order valence-corrected chi connectivity index (χ4v) is 1.98. The van der Waals surface area contributed by atoms with Crippen molar-refractivity contribution in [2.24, 2.45) is 0 Å². The molecule has 1 N–H and O–H groups in total. The molecule has 2 heteroatoms. The van der Waals surface area contributed by atoms with Crippen LogP contribution < -0.4 is 5.32 Å². The lowest BCUT2D eigenvalue weighted by Gasteiger charge is -2.11. The molecule has 0 aliphatic carbocycles. The molecule has 1 fully saturated rings. The molecule has 0 saturated carbocycles. The summed E-state index contributed by atoms with van der Waals surface area (Å²) in [5, 5.41) is 4.32. The zero-order chi connectivity index (χ0) is 8.39. The summed E-state index contributed by atoms with van der Waals surface area (Å²) in [5.41, 5.74) is 1.25. The smallest absolute Gasteiger partial charge is 0.0453 e. The van der Waals surface area contributed by atoms with Crippen molar-refractivity contribution in [2.75, 3.05) is 6.54 Å². The Hall–Kier alpha value is -0.530. The Kier molecular flexibility index (Phi) is 2.33. The first-order chi connectivity index (χ1) is 5.88. The lowest BCUT2D eigenvalue weighted by atomic mass is 10.1. The predicted octanol–water partition coefficient (Wildman–Crippen LogP) is 2.76. The molecule has 1 aromatic rings. The van der Waals surface area contributed by atoms with E-state index in [0.717, 1.165) is 11.6 Å². The van der Waals surface area contributed by atoms with Crippen molar-refractivity contribution in [3.63, 3.8) is 0 Å². The minimum absolute atomic E-state index is 0.485. The Bertz CT molecular complexity index is 266. The van der Waals surface area contributed by atoms with Crippen molar-refractivity contribution >= 4 is 11.6 Å². The standard InChI is InChI=1S/C10H12ClN/c11-9-5-2-1-4-8(9)10-6-3-7-12-10/h1-2,4-5,10,12H,3,6-7H2/t10-/m1/s1. The van der Waals surface area contributed by atoms with Gasteiger partial charge < -0.3 is 5.32 Å². The molecule has 1 atom stereocenters. The molecule has 1 aliphatic heterocycles. The van der Waals surface area contributed by atoms with Crippen LogP contribution in [0, 0.1) is 0 Å². The van der Waals surface area contributed by atoms with Crippen LogP contribution in [0.3, 0.4) is 0 Å². The minimum atomic E-state index is 0.485. The van der Waals surface area contributed by atoms with E-state index in [1.165, 1.54) is 18.4 Å². The van der Waals surface area contributed by atoms with Crippen LogP contribution in [0.5, 0.6) is 0 Å². The van der Waals surface area contributed by atoms with Gasteiger partial charge in [-0.2, -0.15) is 0 Å². The van der Waals surface area contributed by atoms with Gasteiger partial charge in [0, 0.05) is 11.1 Å². The number of halogens is 1. The van der Waals surface area contributed by atoms with Gasteiger partial charge in [-0.05, 0) is 31.0 Å². The quantitative estimate of drug-likeness (QED) is 0.703. The maximum absolute atomic E-state index is 6.06. The Morgan fingerprint density at radius 1 is 1.33 bits per heavy atom. The summed E-state index contributed by atoms with van der Waals surface area (Å²) in [5.74, 6) is 0. The molecular formula is C10H12ClN. The summed E-state index contributed by atoms with van der Waals surface area (Å²) >= 11 is 6.06. The number of nitrogens with one attached hydrogen (secondary N) is 1. The molecule has 0 bridgehead atoms. The van der Waals surface area contributed by atoms with Gasteiger partial charge in [0.2, 0.25) is 0 Å². The second kappa shape index (κ2) is 3.46. The third-order valence-corrected chi connectivity index (χ3v) is 2.69. The van der Waals surface area contributed by atoms with E-state index >= 15 is 0 Å². The number of hydrogen-bond acceptors (Lipinski definition) is 1. The molecule has 1 saturated heterocycles. The highest BCUT2D eigenvalue weighted by Crippen LogP contribution is 2.28. The highest BCUT2D eigenvalue weighted by molar-refractivity contribution is 6.31. The molecule has 0 amide bonds. The van der Waals surface area contributed by atoms with Crippen LogP contribution in [-0.2, 0) is 0 Å². The minimum Gasteiger partial charge on any atom is -0.310 e. The van der Waals surface area contributed by atoms with Gasteiger partial charge in [-0.15, -0.1) is 0 Å². The fourth-order valence-electron chi connectivity index (χ4n) is 1.71. The van der Waals surface area contributed by atoms with Gasteiger partial charge >= 0.3 is 0 Å². The van der Waals surface area contributed by atoms with E-state index in [2.05, 4.69) is 11.4 Å². The van der Waals surface area contributed by atoms with Crippen LogP contribution in [-0.4, -0.2) is 6.54 Å². The first kappa shape index (κ1) is 8.09. The highest BCUT2D eigenvalue weighted by Gasteiger charge is 2.17. The second-order valence-corrected chi connectivity index (χ2v) is 3.58. The van der Waals surface area contributed by atoms with E-state index < -0.39 is 0 Å². The molecule has 1 nitrogen and oxygen atoms in total. The average Bonchev–Trinajstić information content (AvgIpc) is 2.57. The van der Waals surface area contributed by atoms with Crippen molar-refractivity contribution in [3.8, 4) is 0 Å². The average molecular weight is 182 g/mol. The van der Waals surface area contributed by atoms with Crippen LogP contribution in [0.25, 0.3) is 0 Å². The molecular weight excluding hydrogens is 170 g/mol. The summed E-state index contributed by atoms with van der Waals surface area (Å²) < 4.78 is 0. The summed E-state index contributed by atoms with van der Waals surface area (Å²) in [6, 6.07) is 8.56. The van der Waals surface area contributed by atoms with Crippen molar-refractivity contribution in [2.45, 2.75) is 18.9 Å². The van der Waals surface area contributed by atoms with Gasteiger partial charge in [-0.25, -0.2) is 0 Å². The van der Waals surface area contributed by atoms with E-state index in [1.54, 1.807) is 0 Å². The van der Waals surface area contributed by atoms with Crippen LogP contribution in [0.1, 0.15) is 24.4 Å². The first-order valence-electron chi connectivity index (χ1n) is 4.36. The van der Waals surface area contributed by atoms with Gasteiger partial charge in [0.25, 0.3) is 0 Å². The normalized spacial score (nSPS) is 22.9. The highest BCUT2D eigenvalue weighted by atomic mass is 35.5. The molecule has 0 unspecified atom stereocenters. The molecule has 12 heavy (non-hydrogen) atoms. The summed E-state index contributed by atoms with van der Waals surface area (Å²) in [7, 11) is 0. The maximum Gasteiger partial charge on any atom is 0.0453 e. The zero-order valence-corrected chi connectivity index (χ0v) is 7.64. The van der Waals surface area contributed by atoms with Gasteiger partial charge in [-0.1, -0.05) is 29.8 Å². The van der Waals surface area contributed by atoms with Crippen molar-refractivity contribution in [3.05, 3.63) is 34.9 Å². The zero-order valence-electron chi connectivity index (χ0n) is 6.89. The Balaban J connectivity index is 2.26. The van der Waals surface area contributed by atoms with E-state index in [0.29, 0.717) is 6.04 Å². The van der Waals surface area contributed by atoms with Gasteiger partial charge in [-0.3, -0.25) is 0 Å². The number of benzene rings is 1. The van der Waals surface area contributed by atoms with E-state index in [-0.39, 0.29) is 0 Å². The van der Waals surface area contributed by atoms with E-state index in [4.69, 9.17) is 11.6 Å². The largest absolute Gasteiger partial charge is 0.310 e. The van der Waals surface area contributed by atoms with Gasteiger partial charge in [0.05, 0.1) is 0 Å². The topological polar surface area (TPSA) is 12.0 Å². The first-order valence-corrected chi connectivity index (χ1v) is 4.73. The predicted molar refractivity (Wildman–Crippen MR) is 51.4 cm³/mol. The summed E-state index contributed by atoms with van der Waals surface area (Å²) in [4.78, 5) is 0. The lowest BCUT2D eigenvalue weighted by Crippen LogP contribution is -2.12. The molecule has 0 spiro atoms. The van der Waals surface area contributed by atoms with Crippen molar-refractivity contribution in [1.29, 1.82) is 0 Å². The Labute approximate surface area is 77.7 Å². The van der Waals surface area contributed by atoms with E-state index in [1.807, 2.05) is 18.2 Å². The van der Waals surface area contributed by atoms with Crippen LogP contribution in [0.2, 0.25) is 5.02 Å². The van der Waals surface area contributed by atoms with E-state index in [9.17, 15) is 0 Å². The SMILES string of the molecule is Clc1ccccc1[C@H]1CCCN1. The molecule has 1 aromatic carbocycles. The second-order valence-electron chi connectivity index (χ2n) is 3.17. The fraction of sp³-hybridized carbons (Fsp3) is 0.400. The lowest BCUT2D eigenvalue weighted by molar-refractivity contribution is 0.648. The van der Waals surface area contributed by atoms with Crippen LogP contribution >= 0.6 is 11.6 Å². The molecule has 1 heterocycles. The van der Waals surface area contributed by atoms with Crippen molar-refractivity contribution in [1.82, 2.24) is 5.32 Å². The van der Waals surface area contributed by atoms with Gasteiger partial charge in [0.15, 0.2) is 0 Å². The number of rotatable bonds is 1. The molecule has 64 valence electrons. The maximum atomic E-state index is 6.06. The third kappa shape index (κ3) is 1.47. The van der Waals surface area contributed by atoms with Crippen molar-refractivity contribution < 1.29 is 0 Å². The molecule has 0 radical (unpaired) electrons. The van der Waals surface area contributed by atoms with Crippen LogP contribution in [0.4, 0.5) is 0 Å². The van der Waals surface area contributed by atoms with Gasteiger partial charge in [0.1, 0.15) is 0 Å². The number of hydrogen-bond donors (Lipinski definition) is 1.